The van der Waals surface area contributed by atoms with Gasteiger partial charge in [-0.1, -0.05) is 6.92 Å². The fraction of sp³-hybridized carbons (Fsp3) is 0.462. The van der Waals surface area contributed by atoms with Crippen molar-refractivity contribution in [1.29, 1.82) is 0 Å². The summed E-state index contributed by atoms with van der Waals surface area (Å²) in [5.74, 6) is -0.0220. The molecule has 0 aromatic heterocycles. The zero-order valence-corrected chi connectivity index (χ0v) is 10.2. The van der Waals surface area contributed by atoms with E-state index < -0.39 is 0 Å². The molecule has 17 heavy (non-hydrogen) atoms. The number of rotatable bonds is 5. The molecule has 1 amide bonds. The van der Waals surface area contributed by atoms with Crippen LogP contribution in [0.2, 0.25) is 0 Å². The third-order valence-electron chi connectivity index (χ3n) is 2.69. The Kier molecular flexibility index (Phi) is 4.97. The average Bonchev–Trinajstić information content (AvgIpc) is 2.28. The Hall–Kier alpha value is -1.55. The van der Waals surface area contributed by atoms with Gasteiger partial charge in [-0.05, 0) is 43.5 Å². The van der Waals surface area contributed by atoms with E-state index in [-0.39, 0.29) is 17.8 Å². The number of aryl methyl sites for hydroxylation is 1. The first-order chi connectivity index (χ1) is 8.04. The third kappa shape index (κ3) is 4.07. The molecule has 1 aromatic rings. The number of hydrogen-bond acceptors (Lipinski definition) is 3. The maximum Gasteiger partial charge on any atom is 0.251 e. The van der Waals surface area contributed by atoms with Crippen LogP contribution in [-0.2, 0) is 0 Å². The molecule has 1 aromatic carbocycles. The van der Waals surface area contributed by atoms with E-state index in [1.54, 1.807) is 19.1 Å². The molecule has 0 saturated carbocycles. The summed E-state index contributed by atoms with van der Waals surface area (Å²) < 4.78 is 0. The first kappa shape index (κ1) is 13.5. The molecule has 3 N–H and O–H groups in total. The Labute approximate surface area is 101 Å². The van der Waals surface area contributed by atoms with Crippen LogP contribution in [0, 0.1) is 6.92 Å². The molecule has 0 aliphatic rings. The summed E-state index contributed by atoms with van der Waals surface area (Å²) in [6, 6.07) is 4.63. The minimum Gasteiger partial charge on any atom is -0.508 e. The van der Waals surface area contributed by atoms with Gasteiger partial charge in [0.1, 0.15) is 5.75 Å². The Bertz CT molecular complexity index is 390. The van der Waals surface area contributed by atoms with Crippen LogP contribution in [0.15, 0.2) is 18.2 Å². The molecule has 0 saturated heterocycles. The lowest BCUT2D eigenvalue weighted by Gasteiger charge is -2.10. The highest BCUT2D eigenvalue weighted by molar-refractivity contribution is 5.95. The molecule has 0 fully saturated rings. The van der Waals surface area contributed by atoms with Crippen molar-refractivity contribution in [2.45, 2.75) is 32.8 Å². The van der Waals surface area contributed by atoms with E-state index in [2.05, 4.69) is 5.32 Å². The lowest BCUT2D eigenvalue weighted by atomic mass is 10.1. The van der Waals surface area contributed by atoms with Crippen LogP contribution in [-0.4, -0.2) is 28.8 Å². The second-order valence-electron chi connectivity index (χ2n) is 4.11. The predicted octanol–water partition coefficient (Wildman–Crippen LogP) is 1.59. The lowest BCUT2D eigenvalue weighted by Crippen LogP contribution is -2.27. The van der Waals surface area contributed by atoms with Gasteiger partial charge in [0.2, 0.25) is 0 Å². The number of hydrogen-bond donors (Lipinski definition) is 3. The van der Waals surface area contributed by atoms with Gasteiger partial charge in [0.05, 0.1) is 6.10 Å². The maximum atomic E-state index is 11.8. The van der Waals surface area contributed by atoms with E-state index in [9.17, 15) is 15.0 Å². The van der Waals surface area contributed by atoms with Crippen LogP contribution in [0.25, 0.3) is 0 Å². The second kappa shape index (κ2) is 6.25. The molecular formula is C13H19NO3. The number of nitrogens with one attached hydrogen (secondary N) is 1. The molecule has 0 spiro atoms. The second-order valence-corrected chi connectivity index (χ2v) is 4.11. The van der Waals surface area contributed by atoms with Crippen LogP contribution in [0.1, 0.15) is 35.7 Å². The van der Waals surface area contributed by atoms with Crippen LogP contribution in [0.3, 0.4) is 0 Å². The van der Waals surface area contributed by atoms with Crippen LogP contribution >= 0.6 is 0 Å². The summed E-state index contributed by atoms with van der Waals surface area (Å²) in [6.45, 7) is 4.13. The van der Waals surface area contributed by atoms with Gasteiger partial charge >= 0.3 is 0 Å². The summed E-state index contributed by atoms with van der Waals surface area (Å²) in [5, 5.41) is 21.3. The lowest BCUT2D eigenvalue weighted by molar-refractivity contribution is 0.0941. The van der Waals surface area contributed by atoms with E-state index in [4.69, 9.17) is 0 Å². The summed E-state index contributed by atoms with van der Waals surface area (Å²) in [5.41, 5.74) is 1.28. The van der Waals surface area contributed by atoms with Crippen molar-refractivity contribution in [2.75, 3.05) is 6.54 Å². The zero-order valence-electron chi connectivity index (χ0n) is 10.2. The fourth-order valence-corrected chi connectivity index (χ4v) is 1.55. The largest absolute Gasteiger partial charge is 0.508 e. The van der Waals surface area contributed by atoms with Gasteiger partial charge < -0.3 is 15.5 Å². The van der Waals surface area contributed by atoms with Crippen molar-refractivity contribution in [1.82, 2.24) is 5.32 Å². The molecule has 0 aliphatic carbocycles. The fourth-order valence-electron chi connectivity index (χ4n) is 1.55. The molecule has 0 heterocycles. The number of phenols is 1. The highest BCUT2D eigenvalue weighted by Gasteiger charge is 2.09. The molecule has 0 aliphatic heterocycles. The third-order valence-corrected chi connectivity index (χ3v) is 2.69. The molecule has 94 valence electrons. The van der Waals surface area contributed by atoms with Gasteiger partial charge in [-0.2, -0.15) is 0 Å². The SMILES string of the molecule is CCC(O)CCNC(=O)c1ccc(O)cc1C. The average molecular weight is 237 g/mol. The number of carbonyl (C=O) groups excluding carboxylic acids is 1. The molecule has 4 nitrogen and oxygen atoms in total. The Morgan fingerprint density at radius 1 is 1.47 bits per heavy atom. The zero-order chi connectivity index (χ0) is 12.8. The summed E-state index contributed by atoms with van der Waals surface area (Å²) >= 11 is 0. The number of phenolic OH excluding ortho intramolecular Hbond substituents is 1. The standard InChI is InChI=1S/C13H19NO3/c1-3-10(15)6-7-14-13(17)12-5-4-11(16)8-9(12)2/h4-5,8,10,15-16H,3,6-7H2,1-2H3,(H,14,17). The summed E-state index contributed by atoms with van der Waals surface area (Å²) in [4.78, 5) is 11.8. The minimum atomic E-state index is -0.365. The van der Waals surface area contributed by atoms with E-state index in [1.807, 2.05) is 6.92 Å². The molecule has 1 unspecified atom stereocenters. The topological polar surface area (TPSA) is 69.6 Å². The Morgan fingerprint density at radius 3 is 2.76 bits per heavy atom. The predicted molar refractivity (Wildman–Crippen MR) is 66.1 cm³/mol. The van der Waals surface area contributed by atoms with E-state index in [0.29, 0.717) is 24.9 Å². The Morgan fingerprint density at radius 2 is 2.18 bits per heavy atom. The molecular weight excluding hydrogens is 218 g/mol. The number of benzene rings is 1. The van der Waals surface area contributed by atoms with Gasteiger partial charge in [-0.15, -0.1) is 0 Å². The normalized spacial score (nSPS) is 12.2. The smallest absolute Gasteiger partial charge is 0.251 e. The summed E-state index contributed by atoms with van der Waals surface area (Å²) in [6.07, 6.45) is 0.879. The highest BCUT2D eigenvalue weighted by atomic mass is 16.3. The van der Waals surface area contributed by atoms with Crippen molar-refractivity contribution in [2.24, 2.45) is 0 Å². The van der Waals surface area contributed by atoms with Gasteiger partial charge in [-0.25, -0.2) is 0 Å². The van der Waals surface area contributed by atoms with Crippen molar-refractivity contribution in [3.8, 4) is 5.75 Å². The van der Waals surface area contributed by atoms with Crippen LogP contribution in [0.5, 0.6) is 5.75 Å². The van der Waals surface area contributed by atoms with E-state index in [0.717, 1.165) is 5.56 Å². The molecule has 1 rings (SSSR count). The first-order valence-electron chi connectivity index (χ1n) is 5.80. The van der Waals surface area contributed by atoms with Crippen LogP contribution < -0.4 is 5.32 Å². The Balaban J connectivity index is 2.52. The van der Waals surface area contributed by atoms with E-state index in [1.165, 1.54) is 6.07 Å². The van der Waals surface area contributed by atoms with Crippen molar-refractivity contribution >= 4 is 5.91 Å². The summed E-state index contributed by atoms with van der Waals surface area (Å²) in [7, 11) is 0. The minimum absolute atomic E-state index is 0.153. The maximum absolute atomic E-state index is 11.8. The van der Waals surface area contributed by atoms with Crippen molar-refractivity contribution < 1.29 is 15.0 Å². The van der Waals surface area contributed by atoms with Crippen molar-refractivity contribution in [3.63, 3.8) is 0 Å². The van der Waals surface area contributed by atoms with Gasteiger partial charge in [0.15, 0.2) is 0 Å². The quantitative estimate of drug-likeness (QED) is 0.728. The number of aliphatic hydroxyl groups is 1. The van der Waals surface area contributed by atoms with Crippen LogP contribution in [0.4, 0.5) is 0 Å². The van der Waals surface area contributed by atoms with Crippen molar-refractivity contribution in [3.05, 3.63) is 29.3 Å². The molecule has 4 heteroatoms. The number of carbonyl (C=O) groups is 1. The highest BCUT2D eigenvalue weighted by Crippen LogP contribution is 2.15. The number of aromatic hydroxyl groups is 1. The first-order valence-corrected chi connectivity index (χ1v) is 5.80. The molecule has 1 atom stereocenters. The molecule has 0 bridgehead atoms. The van der Waals surface area contributed by atoms with Gasteiger partial charge in [0.25, 0.3) is 5.91 Å². The number of amides is 1. The van der Waals surface area contributed by atoms with Gasteiger partial charge in [0, 0.05) is 12.1 Å². The van der Waals surface area contributed by atoms with Gasteiger partial charge in [-0.3, -0.25) is 4.79 Å². The van der Waals surface area contributed by atoms with E-state index >= 15 is 0 Å². The molecule has 0 radical (unpaired) electrons. The monoisotopic (exact) mass is 237 g/mol. The number of aliphatic hydroxyl groups excluding tert-OH is 1.